The molecule has 0 aliphatic rings. The number of para-hydroxylation sites is 1. The van der Waals surface area contributed by atoms with Crippen molar-refractivity contribution >= 4 is 35.4 Å². The zero-order valence-electron chi connectivity index (χ0n) is 22.5. The van der Waals surface area contributed by atoms with Crippen molar-refractivity contribution < 1.29 is 15.6 Å². The highest BCUT2D eigenvalue weighted by Gasteiger charge is 2.15. The summed E-state index contributed by atoms with van der Waals surface area (Å²) in [6.45, 7) is 12.9. The third-order valence-electron chi connectivity index (χ3n) is 5.19. The van der Waals surface area contributed by atoms with E-state index < -0.39 is 0 Å². The third-order valence-corrected chi connectivity index (χ3v) is 5.19. The monoisotopic (exact) mass is 515 g/mol. The van der Waals surface area contributed by atoms with Gasteiger partial charge in [0.2, 0.25) is 11.9 Å². The largest absolute Gasteiger partial charge is 0.341 e. The minimum Gasteiger partial charge on any atom is -0.341 e. The molecule has 0 amide bonds. The van der Waals surface area contributed by atoms with Crippen LogP contribution in [0, 0.1) is 6.92 Å². The Balaban J connectivity index is 0.000000264. The summed E-state index contributed by atoms with van der Waals surface area (Å²) in [6, 6.07) is 9.15. The molecule has 0 saturated carbocycles. The molecule has 0 saturated heterocycles. The van der Waals surface area contributed by atoms with Gasteiger partial charge in [-0.3, -0.25) is 15.6 Å². The molecule has 1 aromatic carbocycles. The van der Waals surface area contributed by atoms with E-state index in [4.69, 9.17) is 0 Å². The van der Waals surface area contributed by atoms with Gasteiger partial charge in [-0.1, -0.05) is 18.2 Å². The van der Waals surface area contributed by atoms with Gasteiger partial charge in [-0.15, -0.1) is 0 Å². The number of aromatic nitrogens is 6. The van der Waals surface area contributed by atoms with Crippen LogP contribution in [0.3, 0.4) is 0 Å². The van der Waals surface area contributed by atoms with Crippen molar-refractivity contribution in [3.05, 3.63) is 36.2 Å². The van der Waals surface area contributed by atoms with Crippen LogP contribution in [0.2, 0.25) is 0 Å². The van der Waals surface area contributed by atoms with Gasteiger partial charge in [0.15, 0.2) is 0 Å². The topological polar surface area (TPSA) is 154 Å². The smallest absolute Gasteiger partial charge is 0.259 e. The molecule has 3 rings (SSSR count). The number of hydrogen-bond acceptors (Lipinski definition) is 14. The van der Waals surface area contributed by atoms with E-state index in [2.05, 4.69) is 29.9 Å². The second-order valence-electron chi connectivity index (χ2n) is 7.76. The van der Waals surface area contributed by atoms with E-state index in [9.17, 15) is 15.6 Å². The molecule has 202 valence electrons. The van der Waals surface area contributed by atoms with Crippen LogP contribution in [0.5, 0.6) is 0 Å². The van der Waals surface area contributed by atoms with Crippen LogP contribution in [0.15, 0.2) is 30.3 Å². The lowest BCUT2D eigenvalue weighted by molar-refractivity contribution is 0.263. The van der Waals surface area contributed by atoms with E-state index in [1.165, 1.54) is 14.1 Å². The molecule has 0 aliphatic heterocycles. The second-order valence-corrected chi connectivity index (χ2v) is 7.76. The Morgan fingerprint density at radius 1 is 0.568 bits per heavy atom. The number of rotatable bonds is 10. The maximum Gasteiger partial charge on any atom is 0.259 e. The van der Waals surface area contributed by atoms with E-state index in [0.717, 1.165) is 41.4 Å². The molecule has 3 aromatic rings. The van der Waals surface area contributed by atoms with Gasteiger partial charge in [0, 0.05) is 40.3 Å². The SMILES string of the molecule is CCN(CC)c1nc(C)nc(N(O)c2ccccc2)n1.CCN(CC)c1nc(N(C)O)nc(N(C)O)n1. The summed E-state index contributed by atoms with van der Waals surface area (Å²) in [7, 11) is 2.81. The highest BCUT2D eigenvalue weighted by molar-refractivity contribution is 5.54. The summed E-state index contributed by atoms with van der Waals surface area (Å²) in [6.07, 6.45) is 0. The number of benzene rings is 1. The van der Waals surface area contributed by atoms with Gasteiger partial charge in [-0.05, 0) is 46.8 Å². The lowest BCUT2D eigenvalue weighted by Gasteiger charge is -2.21. The first-order chi connectivity index (χ1) is 17.6. The fourth-order valence-corrected chi connectivity index (χ4v) is 3.16. The van der Waals surface area contributed by atoms with Crippen LogP contribution in [0.1, 0.15) is 33.5 Å². The lowest BCUT2D eigenvalue weighted by atomic mass is 10.3. The molecule has 3 N–H and O–H groups in total. The fraction of sp³-hybridized carbons (Fsp3) is 0.478. The molecule has 0 spiro atoms. The van der Waals surface area contributed by atoms with Crippen LogP contribution < -0.4 is 25.0 Å². The van der Waals surface area contributed by atoms with Gasteiger partial charge in [-0.25, -0.2) is 10.1 Å². The van der Waals surface area contributed by atoms with Crippen molar-refractivity contribution in [1.82, 2.24) is 29.9 Å². The molecule has 2 aromatic heterocycles. The maximum absolute atomic E-state index is 10.2. The van der Waals surface area contributed by atoms with Gasteiger partial charge in [-0.2, -0.15) is 35.0 Å². The fourth-order valence-electron chi connectivity index (χ4n) is 3.16. The Bertz CT molecular complexity index is 1070. The number of hydroxylamine groups is 2. The van der Waals surface area contributed by atoms with E-state index in [-0.39, 0.29) is 17.8 Å². The maximum atomic E-state index is 10.2. The summed E-state index contributed by atoms with van der Waals surface area (Å²) in [5.74, 6) is 1.96. The molecule has 2 heterocycles. The average molecular weight is 516 g/mol. The van der Waals surface area contributed by atoms with Crippen molar-refractivity contribution in [3.63, 3.8) is 0 Å². The summed E-state index contributed by atoms with van der Waals surface area (Å²) in [4.78, 5) is 28.8. The van der Waals surface area contributed by atoms with Crippen LogP contribution in [-0.2, 0) is 0 Å². The molecule has 14 heteroatoms. The molecule has 0 aliphatic carbocycles. The van der Waals surface area contributed by atoms with Crippen LogP contribution in [0.25, 0.3) is 0 Å². The minimum absolute atomic E-state index is 0.0813. The number of nitrogens with zero attached hydrogens (tertiary/aromatic N) is 11. The number of aryl methyl sites for hydroxylation is 1. The standard InChI is InChI=1S/C14H19N5O.C9H18N6O2/c1-4-18(5-2)13-15-11(3)16-14(17-13)19(20)12-9-7-6-8-10-12;1-5-15(6-2)9-11-7(13(3)16)10-8(12-9)14(4)17/h6-10,20H,4-5H2,1-3H3;16-17H,5-6H2,1-4H3. The van der Waals surface area contributed by atoms with Gasteiger partial charge in [0.1, 0.15) is 5.82 Å². The molecule has 0 fully saturated rings. The van der Waals surface area contributed by atoms with E-state index in [1.54, 1.807) is 19.1 Å². The predicted octanol–water partition coefficient (Wildman–Crippen LogP) is 2.92. The Hall–Kier alpha value is -3.88. The Morgan fingerprint density at radius 3 is 1.38 bits per heavy atom. The van der Waals surface area contributed by atoms with E-state index >= 15 is 0 Å². The number of anilines is 6. The molecule has 0 unspecified atom stereocenters. The van der Waals surface area contributed by atoms with Crippen LogP contribution >= 0.6 is 0 Å². The Labute approximate surface area is 217 Å². The molecule has 0 atom stereocenters. The summed E-state index contributed by atoms with van der Waals surface area (Å²) in [5, 5.41) is 31.4. The van der Waals surface area contributed by atoms with Gasteiger partial charge >= 0.3 is 0 Å². The zero-order valence-corrected chi connectivity index (χ0v) is 22.5. The molecular formula is C23H37N11O3. The average Bonchev–Trinajstić information content (AvgIpc) is 2.90. The van der Waals surface area contributed by atoms with E-state index in [1.807, 2.05) is 55.7 Å². The summed E-state index contributed by atoms with van der Waals surface area (Å²) >= 11 is 0. The van der Waals surface area contributed by atoms with Crippen LogP contribution in [0.4, 0.5) is 35.4 Å². The zero-order chi connectivity index (χ0) is 27.5. The highest BCUT2D eigenvalue weighted by Crippen LogP contribution is 2.21. The predicted molar refractivity (Wildman–Crippen MR) is 142 cm³/mol. The van der Waals surface area contributed by atoms with Gasteiger partial charge < -0.3 is 9.80 Å². The van der Waals surface area contributed by atoms with Crippen molar-refractivity contribution in [2.45, 2.75) is 34.6 Å². The number of hydrogen-bond donors (Lipinski definition) is 3. The first-order valence-corrected chi connectivity index (χ1v) is 12.0. The van der Waals surface area contributed by atoms with Crippen molar-refractivity contribution in [1.29, 1.82) is 0 Å². The minimum atomic E-state index is 0.0813. The van der Waals surface area contributed by atoms with E-state index in [0.29, 0.717) is 23.4 Å². The lowest BCUT2D eigenvalue weighted by Crippen LogP contribution is -2.27. The summed E-state index contributed by atoms with van der Waals surface area (Å²) < 4.78 is 0. The third kappa shape index (κ3) is 8.06. The highest BCUT2D eigenvalue weighted by atomic mass is 16.5. The molecule has 37 heavy (non-hydrogen) atoms. The second kappa shape index (κ2) is 14.0. The Kier molecular flexibility index (Phi) is 11.1. The van der Waals surface area contributed by atoms with Gasteiger partial charge in [0.05, 0.1) is 5.69 Å². The summed E-state index contributed by atoms with van der Waals surface area (Å²) in [5.41, 5.74) is 0.614. The van der Waals surface area contributed by atoms with Gasteiger partial charge in [0.25, 0.3) is 17.8 Å². The Morgan fingerprint density at radius 2 is 0.946 bits per heavy atom. The molecule has 0 bridgehead atoms. The van der Waals surface area contributed by atoms with Crippen molar-refractivity contribution in [2.24, 2.45) is 0 Å². The first kappa shape index (κ1) is 29.4. The molecule has 0 radical (unpaired) electrons. The van der Waals surface area contributed by atoms with Crippen LogP contribution in [-0.4, -0.2) is 85.8 Å². The van der Waals surface area contributed by atoms with Crippen molar-refractivity contribution in [2.75, 3.05) is 65.3 Å². The quantitative estimate of drug-likeness (QED) is 0.339. The normalized spacial score (nSPS) is 10.3. The molecule has 14 nitrogen and oxygen atoms in total. The first-order valence-electron chi connectivity index (χ1n) is 12.0. The van der Waals surface area contributed by atoms with Crippen molar-refractivity contribution in [3.8, 4) is 0 Å². The molecular weight excluding hydrogens is 478 g/mol.